The van der Waals surface area contributed by atoms with E-state index in [9.17, 15) is 8.42 Å². The van der Waals surface area contributed by atoms with E-state index in [4.69, 9.17) is 0 Å². The Morgan fingerprint density at radius 1 is 0.778 bits per heavy atom. The third-order valence-electron chi connectivity index (χ3n) is 4.00. The number of benzene rings is 2. The summed E-state index contributed by atoms with van der Waals surface area (Å²) in [5, 5.41) is 3.12. The molecule has 0 fully saturated rings. The van der Waals surface area contributed by atoms with Gasteiger partial charge in [-0.05, 0) is 69.7 Å². The van der Waals surface area contributed by atoms with Crippen LogP contribution in [0.2, 0.25) is 0 Å². The van der Waals surface area contributed by atoms with Gasteiger partial charge in [-0.25, -0.2) is 18.4 Å². The van der Waals surface area contributed by atoms with E-state index in [1.807, 2.05) is 32.9 Å². The number of hydrogen-bond acceptors (Lipinski definition) is 5. The van der Waals surface area contributed by atoms with E-state index in [2.05, 4.69) is 20.0 Å². The molecule has 3 aromatic rings. The van der Waals surface area contributed by atoms with E-state index < -0.39 is 10.0 Å². The Kier molecular flexibility index (Phi) is 5.14. The lowest BCUT2D eigenvalue weighted by molar-refractivity contribution is 0.600. The molecule has 6 nitrogen and oxygen atoms in total. The Labute approximate surface area is 159 Å². The fraction of sp³-hybridized carbons (Fsp3) is 0.200. The second-order valence-corrected chi connectivity index (χ2v) is 8.20. The van der Waals surface area contributed by atoms with Gasteiger partial charge in [0, 0.05) is 22.8 Å². The number of rotatable bonds is 5. The average Bonchev–Trinajstić information content (AvgIpc) is 2.55. The lowest BCUT2D eigenvalue weighted by Crippen LogP contribution is -2.14. The number of aryl methyl sites for hydroxylation is 4. The molecule has 0 amide bonds. The van der Waals surface area contributed by atoms with Crippen molar-refractivity contribution >= 4 is 27.3 Å². The molecule has 0 saturated carbocycles. The van der Waals surface area contributed by atoms with Crippen LogP contribution in [0.5, 0.6) is 0 Å². The zero-order chi connectivity index (χ0) is 19.6. The normalized spacial score (nSPS) is 11.3. The lowest BCUT2D eigenvalue weighted by atomic mass is 10.2. The summed E-state index contributed by atoms with van der Waals surface area (Å²) in [6.45, 7) is 7.54. The van der Waals surface area contributed by atoms with Crippen LogP contribution in [0.4, 0.5) is 17.3 Å². The smallest absolute Gasteiger partial charge is 0.262 e. The molecule has 27 heavy (non-hydrogen) atoms. The van der Waals surface area contributed by atoms with Gasteiger partial charge in [-0.1, -0.05) is 17.7 Å². The Morgan fingerprint density at radius 2 is 1.37 bits per heavy atom. The molecule has 1 heterocycles. The van der Waals surface area contributed by atoms with E-state index in [1.165, 1.54) is 0 Å². The predicted octanol–water partition coefficient (Wildman–Crippen LogP) is 4.25. The number of sulfonamides is 1. The average molecular weight is 382 g/mol. The van der Waals surface area contributed by atoms with Gasteiger partial charge in [0.25, 0.3) is 10.0 Å². The monoisotopic (exact) mass is 382 g/mol. The number of nitrogens with zero attached hydrogens (tertiary/aromatic N) is 2. The predicted molar refractivity (Wildman–Crippen MR) is 108 cm³/mol. The maximum Gasteiger partial charge on any atom is 0.262 e. The Morgan fingerprint density at radius 3 is 1.96 bits per heavy atom. The quantitative estimate of drug-likeness (QED) is 0.689. The first-order valence-electron chi connectivity index (χ1n) is 8.52. The standard InChI is InChI=1S/C20H22N4O2S/c1-13-5-10-19(14(2)11-13)27(25,26)24-18-8-6-17(7-9-18)23-20-21-15(3)12-16(4)22-20/h5-12,24H,1-4H3,(H,21,22,23). The molecular formula is C20H22N4O2S. The minimum Gasteiger partial charge on any atom is -0.324 e. The van der Waals surface area contributed by atoms with Gasteiger partial charge in [-0.3, -0.25) is 4.72 Å². The van der Waals surface area contributed by atoms with E-state index in [1.54, 1.807) is 43.3 Å². The molecule has 140 valence electrons. The third kappa shape index (κ3) is 4.62. The van der Waals surface area contributed by atoms with Crippen molar-refractivity contribution in [1.82, 2.24) is 9.97 Å². The minimum absolute atomic E-state index is 0.277. The molecule has 0 atom stereocenters. The van der Waals surface area contributed by atoms with Crippen LogP contribution in [0.3, 0.4) is 0 Å². The molecule has 7 heteroatoms. The number of hydrogen-bond donors (Lipinski definition) is 2. The van der Waals surface area contributed by atoms with Crippen LogP contribution in [0, 0.1) is 27.7 Å². The summed E-state index contributed by atoms with van der Waals surface area (Å²) >= 11 is 0. The van der Waals surface area contributed by atoms with E-state index in [0.29, 0.717) is 17.2 Å². The Bertz CT molecular complexity index is 1060. The van der Waals surface area contributed by atoms with Crippen molar-refractivity contribution in [2.45, 2.75) is 32.6 Å². The van der Waals surface area contributed by atoms with E-state index in [0.717, 1.165) is 22.6 Å². The van der Waals surface area contributed by atoms with Gasteiger partial charge in [0.2, 0.25) is 5.95 Å². The molecule has 2 aromatic carbocycles. The Balaban J connectivity index is 1.77. The topological polar surface area (TPSA) is 84.0 Å². The summed E-state index contributed by atoms with van der Waals surface area (Å²) in [7, 11) is -3.64. The molecule has 0 aliphatic rings. The van der Waals surface area contributed by atoms with Crippen LogP contribution in [0.1, 0.15) is 22.5 Å². The van der Waals surface area contributed by atoms with Crippen molar-refractivity contribution in [2.24, 2.45) is 0 Å². The van der Waals surface area contributed by atoms with Crippen molar-refractivity contribution in [3.8, 4) is 0 Å². The van der Waals surface area contributed by atoms with Crippen LogP contribution >= 0.6 is 0 Å². The maximum atomic E-state index is 12.6. The van der Waals surface area contributed by atoms with Crippen molar-refractivity contribution in [3.63, 3.8) is 0 Å². The van der Waals surface area contributed by atoms with Gasteiger partial charge in [0.15, 0.2) is 0 Å². The van der Waals surface area contributed by atoms with Crippen LogP contribution < -0.4 is 10.0 Å². The van der Waals surface area contributed by atoms with Crippen LogP contribution in [-0.4, -0.2) is 18.4 Å². The highest BCUT2D eigenvalue weighted by molar-refractivity contribution is 7.92. The summed E-state index contributed by atoms with van der Waals surface area (Å²) in [5.41, 5.74) is 4.75. The van der Waals surface area contributed by atoms with E-state index in [-0.39, 0.29) is 4.90 Å². The largest absolute Gasteiger partial charge is 0.324 e. The third-order valence-corrected chi connectivity index (χ3v) is 5.54. The van der Waals surface area contributed by atoms with Crippen LogP contribution in [-0.2, 0) is 10.0 Å². The minimum atomic E-state index is -3.64. The molecule has 1 aromatic heterocycles. The van der Waals surface area contributed by atoms with Gasteiger partial charge in [0.1, 0.15) is 0 Å². The SMILES string of the molecule is Cc1ccc(S(=O)(=O)Nc2ccc(Nc3nc(C)cc(C)n3)cc2)c(C)c1. The molecule has 0 radical (unpaired) electrons. The fourth-order valence-electron chi connectivity index (χ4n) is 2.84. The highest BCUT2D eigenvalue weighted by Crippen LogP contribution is 2.22. The summed E-state index contributed by atoms with van der Waals surface area (Å²) in [4.78, 5) is 8.94. The van der Waals surface area contributed by atoms with Crippen molar-refractivity contribution in [2.75, 3.05) is 10.0 Å². The number of nitrogens with one attached hydrogen (secondary N) is 2. The second-order valence-electron chi connectivity index (χ2n) is 6.55. The first kappa shape index (κ1) is 18.8. The molecule has 0 saturated heterocycles. The fourth-order valence-corrected chi connectivity index (χ4v) is 4.13. The summed E-state index contributed by atoms with van der Waals surface area (Å²) in [6.07, 6.45) is 0. The van der Waals surface area contributed by atoms with Crippen molar-refractivity contribution < 1.29 is 8.42 Å². The van der Waals surface area contributed by atoms with E-state index >= 15 is 0 Å². The number of aromatic nitrogens is 2. The van der Waals surface area contributed by atoms with Crippen molar-refractivity contribution in [1.29, 1.82) is 0 Å². The van der Waals surface area contributed by atoms with Crippen molar-refractivity contribution in [3.05, 3.63) is 71.0 Å². The highest BCUT2D eigenvalue weighted by Gasteiger charge is 2.16. The molecule has 0 aliphatic carbocycles. The van der Waals surface area contributed by atoms with Gasteiger partial charge in [-0.15, -0.1) is 0 Å². The summed E-state index contributed by atoms with van der Waals surface area (Å²) in [6, 6.07) is 14.1. The van der Waals surface area contributed by atoms with Crippen LogP contribution in [0.25, 0.3) is 0 Å². The first-order valence-corrected chi connectivity index (χ1v) is 10.0. The van der Waals surface area contributed by atoms with Gasteiger partial charge >= 0.3 is 0 Å². The summed E-state index contributed by atoms with van der Waals surface area (Å²) in [5.74, 6) is 0.510. The molecule has 0 bridgehead atoms. The lowest BCUT2D eigenvalue weighted by Gasteiger charge is -2.12. The maximum absolute atomic E-state index is 12.6. The number of anilines is 3. The summed E-state index contributed by atoms with van der Waals surface area (Å²) < 4.78 is 27.9. The Hall–Kier alpha value is -2.93. The highest BCUT2D eigenvalue weighted by atomic mass is 32.2. The molecule has 0 aliphatic heterocycles. The molecule has 2 N–H and O–H groups in total. The molecular weight excluding hydrogens is 360 g/mol. The van der Waals surface area contributed by atoms with Gasteiger partial charge in [0.05, 0.1) is 4.90 Å². The zero-order valence-corrected chi connectivity index (χ0v) is 16.6. The zero-order valence-electron chi connectivity index (χ0n) is 15.7. The molecule has 0 spiro atoms. The van der Waals surface area contributed by atoms with Crippen LogP contribution in [0.15, 0.2) is 53.4 Å². The van der Waals surface area contributed by atoms with Gasteiger partial charge < -0.3 is 5.32 Å². The molecule has 3 rings (SSSR count). The molecule has 0 unspecified atom stereocenters. The van der Waals surface area contributed by atoms with Gasteiger partial charge in [-0.2, -0.15) is 0 Å². The first-order chi connectivity index (χ1) is 12.7. The second kappa shape index (κ2) is 7.36.